The van der Waals surface area contributed by atoms with Crippen molar-refractivity contribution in [1.82, 2.24) is 0 Å². The van der Waals surface area contributed by atoms with Gasteiger partial charge in [0.05, 0.1) is 24.7 Å². The molecule has 0 spiro atoms. The van der Waals surface area contributed by atoms with Crippen LogP contribution < -0.4 is 5.32 Å². The zero-order chi connectivity index (χ0) is 23.6. The summed E-state index contributed by atoms with van der Waals surface area (Å²) in [6, 6.07) is 0. The summed E-state index contributed by atoms with van der Waals surface area (Å²) in [6.07, 6.45) is -0.284. The van der Waals surface area contributed by atoms with Crippen LogP contribution >= 0.6 is 0 Å². The summed E-state index contributed by atoms with van der Waals surface area (Å²) in [5.74, 6) is -1.39. The molecule has 0 saturated carbocycles. The van der Waals surface area contributed by atoms with E-state index in [9.17, 15) is 14.7 Å². The standard InChI is InChI=1S/C19H27NO5.C2H6.CH2O2/c1-9(2)19-24-7-14(8-25-19)17(21)20-16-12(5)10(3)11(4)15(13(16)6)18(22)23;1-2;2-1-3/h9,14,19H,7-8H2,1-6H3,(H,20,21)(H,22,23);1-2H3;1H,(H,2,3). The number of hydrogen-bond acceptors (Lipinski definition) is 5. The molecule has 1 aromatic rings. The van der Waals surface area contributed by atoms with E-state index in [2.05, 4.69) is 5.32 Å². The average molecular weight is 426 g/mol. The fourth-order valence-corrected chi connectivity index (χ4v) is 3.13. The third-order valence-corrected chi connectivity index (χ3v) is 4.93. The quantitative estimate of drug-likeness (QED) is 0.625. The first-order chi connectivity index (χ1) is 14.1. The molecule has 2 rings (SSSR count). The van der Waals surface area contributed by atoms with Gasteiger partial charge in [-0.3, -0.25) is 9.59 Å². The Morgan fingerprint density at radius 2 is 1.47 bits per heavy atom. The number of anilines is 1. The van der Waals surface area contributed by atoms with E-state index < -0.39 is 11.9 Å². The Labute approximate surface area is 178 Å². The molecule has 8 heteroatoms. The van der Waals surface area contributed by atoms with Crippen molar-refractivity contribution in [1.29, 1.82) is 0 Å². The topological polar surface area (TPSA) is 122 Å². The monoisotopic (exact) mass is 425 g/mol. The summed E-state index contributed by atoms with van der Waals surface area (Å²) >= 11 is 0. The molecule has 0 atom stereocenters. The number of amides is 1. The van der Waals surface area contributed by atoms with Crippen LogP contribution in [0, 0.1) is 39.5 Å². The summed E-state index contributed by atoms with van der Waals surface area (Å²) in [6.45, 7) is 15.6. The molecule has 0 unspecified atom stereocenters. The minimum absolute atomic E-state index is 0.215. The van der Waals surface area contributed by atoms with Crippen LogP contribution in [0.25, 0.3) is 0 Å². The zero-order valence-corrected chi connectivity index (χ0v) is 19.2. The first kappa shape index (κ1) is 27.5. The maximum absolute atomic E-state index is 12.6. The van der Waals surface area contributed by atoms with Crippen LogP contribution in [-0.2, 0) is 19.1 Å². The number of carboxylic acids is 1. The molecular weight excluding hydrogens is 390 g/mol. The van der Waals surface area contributed by atoms with Crippen LogP contribution in [0.4, 0.5) is 5.69 Å². The highest BCUT2D eigenvalue weighted by atomic mass is 16.7. The van der Waals surface area contributed by atoms with E-state index in [4.69, 9.17) is 19.4 Å². The van der Waals surface area contributed by atoms with E-state index in [0.29, 0.717) is 24.5 Å². The summed E-state index contributed by atoms with van der Waals surface area (Å²) in [4.78, 5) is 32.6. The third kappa shape index (κ3) is 6.81. The highest BCUT2D eigenvalue weighted by Crippen LogP contribution is 2.31. The minimum Gasteiger partial charge on any atom is -0.483 e. The number of carbonyl (C=O) groups excluding carboxylic acids is 1. The largest absolute Gasteiger partial charge is 0.483 e. The van der Waals surface area contributed by atoms with Crippen molar-refractivity contribution in [3.8, 4) is 0 Å². The second kappa shape index (κ2) is 13.0. The van der Waals surface area contributed by atoms with Gasteiger partial charge in [0.2, 0.25) is 5.91 Å². The molecule has 0 bridgehead atoms. The molecule has 30 heavy (non-hydrogen) atoms. The van der Waals surface area contributed by atoms with Crippen molar-refractivity contribution in [2.24, 2.45) is 11.8 Å². The van der Waals surface area contributed by atoms with Crippen molar-refractivity contribution >= 4 is 24.0 Å². The average Bonchev–Trinajstić information content (AvgIpc) is 2.71. The number of carbonyl (C=O) groups is 3. The smallest absolute Gasteiger partial charge is 0.336 e. The van der Waals surface area contributed by atoms with Crippen molar-refractivity contribution < 1.29 is 34.1 Å². The molecule has 1 amide bonds. The molecule has 1 heterocycles. The number of ether oxygens (including phenoxy) is 2. The van der Waals surface area contributed by atoms with Gasteiger partial charge in [-0.1, -0.05) is 27.7 Å². The lowest BCUT2D eigenvalue weighted by atomic mass is 9.91. The van der Waals surface area contributed by atoms with Crippen molar-refractivity contribution in [2.75, 3.05) is 18.5 Å². The molecule has 3 N–H and O–H groups in total. The Kier molecular flexibility index (Phi) is 11.9. The maximum Gasteiger partial charge on any atom is 0.336 e. The van der Waals surface area contributed by atoms with Crippen molar-refractivity contribution in [3.05, 3.63) is 27.8 Å². The molecular formula is C22H35NO7. The molecule has 1 fully saturated rings. The predicted octanol–water partition coefficient (Wildman–Crippen LogP) is 3.93. The summed E-state index contributed by atoms with van der Waals surface area (Å²) in [5, 5.41) is 19.3. The van der Waals surface area contributed by atoms with Gasteiger partial charge in [-0.15, -0.1) is 0 Å². The van der Waals surface area contributed by atoms with E-state index in [1.165, 1.54) is 0 Å². The van der Waals surface area contributed by atoms with Gasteiger partial charge in [0.25, 0.3) is 6.47 Å². The fraction of sp³-hybridized carbons (Fsp3) is 0.591. The summed E-state index contributed by atoms with van der Waals surface area (Å²) in [7, 11) is 0. The van der Waals surface area contributed by atoms with Crippen molar-refractivity contribution in [2.45, 2.75) is 61.7 Å². The molecule has 170 valence electrons. The first-order valence-corrected chi connectivity index (χ1v) is 10.0. The van der Waals surface area contributed by atoms with Crippen LogP contribution in [0.15, 0.2) is 0 Å². The van der Waals surface area contributed by atoms with Crippen LogP contribution in [0.5, 0.6) is 0 Å². The van der Waals surface area contributed by atoms with Gasteiger partial charge in [-0.05, 0) is 49.9 Å². The van der Waals surface area contributed by atoms with Crippen LogP contribution in [0.1, 0.15) is 60.3 Å². The molecule has 0 aromatic heterocycles. The highest BCUT2D eigenvalue weighted by Gasteiger charge is 2.30. The zero-order valence-electron chi connectivity index (χ0n) is 19.2. The van der Waals surface area contributed by atoms with E-state index in [-0.39, 0.29) is 30.2 Å². The Morgan fingerprint density at radius 1 is 1.00 bits per heavy atom. The van der Waals surface area contributed by atoms with E-state index in [1.54, 1.807) is 13.8 Å². The molecule has 1 aliphatic rings. The van der Waals surface area contributed by atoms with Gasteiger partial charge < -0.3 is 25.0 Å². The Bertz CT molecular complexity index is 736. The first-order valence-electron chi connectivity index (χ1n) is 10.0. The Balaban J connectivity index is 0.00000154. The number of carboxylic acid groups (broad SMARTS) is 2. The SMILES string of the molecule is CC.Cc1c(C)c(NC(=O)C2COC(C(C)C)OC2)c(C)c(C(=O)O)c1C.O=CO. The molecule has 0 aliphatic carbocycles. The van der Waals surface area contributed by atoms with Crippen LogP contribution in [-0.4, -0.2) is 48.1 Å². The van der Waals surface area contributed by atoms with E-state index in [0.717, 1.165) is 16.7 Å². The van der Waals surface area contributed by atoms with Gasteiger partial charge in [0, 0.05) is 11.6 Å². The fourth-order valence-electron chi connectivity index (χ4n) is 3.13. The van der Waals surface area contributed by atoms with Gasteiger partial charge in [-0.25, -0.2) is 4.79 Å². The van der Waals surface area contributed by atoms with Crippen LogP contribution in [0.3, 0.4) is 0 Å². The maximum atomic E-state index is 12.6. The van der Waals surface area contributed by atoms with Crippen LogP contribution in [0.2, 0.25) is 0 Å². The highest BCUT2D eigenvalue weighted by molar-refractivity contribution is 5.99. The molecule has 1 saturated heterocycles. The lowest BCUT2D eigenvalue weighted by molar-refractivity contribution is -0.217. The van der Waals surface area contributed by atoms with Crippen molar-refractivity contribution in [3.63, 3.8) is 0 Å². The third-order valence-electron chi connectivity index (χ3n) is 4.93. The lowest BCUT2D eigenvalue weighted by Gasteiger charge is -2.31. The number of benzene rings is 1. The second-order valence-electron chi connectivity index (χ2n) is 7.13. The van der Waals surface area contributed by atoms with Gasteiger partial charge in [0.1, 0.15) is 0 Å². The number of rotatable bonds is 4. The molecule has 0 radical (unpaired) electrons. The Hall–Kier alpha value is -2.45. The van der Waals surface area contributed by atoms with Gasteiger partial charge in [0.15, 0.2) is 6.29 Å². The lowest BCUT2D eigenvalue weighted by Crippen LogP contribution is -2.41. The molecule has 8 nitrogen and oxygen atoms in total. The van der Waals surface area contributed by atoms with Gasteiger partial charge >= 0.3 is 5.97 Å². The van der Waals surface area contributed by atoms with E-state index in [1.807, 2.05) is 41.5 Å². The molecule has 1 aromatic carbocycles. The number of aromatic carboxylic acids is 1. The molecule has 1 aliphatic heterocycles. The Morgan fingerprint density at radius 3 is 1.87 bits per heavy atom. The number of nitrogens with one attached hydrogen (secondary N) is 1. The number of hydrogen-bond donors (Lipinski definition) is 3. The van der Waals surface area contributed by atoms with Gasteiger partial charge in [-0.2, -0.15) is 0 Å². The second-order valence-corrected chi connectivity index (χ2v) is 7.13. The normalized spacial score (nSPS) is 17.8. The summed E-state index contributed by atoms with van der Waals surface area (Å²) in [5.41, 5.74) is 3.86. The summed E-state index contributed by atoms with van der Waals surface area (Å²) < 4.78 is 11.2. The van der Waals surface area contributed by atoms with E-state index >= 15 is 0 Å². The predicted molar refractivity (Wildman–Crippen MR) is 115 cm³/mol. The minimum atomic E-state index is -0.988.